The quantitative estimate of drug-likeness (QED) is 0.573. The summed E-state index contributed by atoms with van der Waals surface area (Å²) in [6.07, 6.45) is 2.91. The van der Waals surface area contributed by atoms with Crippen LogP contribution in [0.4, 0.5) is 0 Å². The number of carbonyl (C=O) groups excluding carboxylic acids is 1. The van der Waals surface area contributed by atoms with E-state index in [0.29, 0.717) is 17.6 Å². The molecule has 0 spiro atoms. The lowest BCUT2D eigenvalue weighted by Gasteiger charge is -2.33. The molecule has 0 heterocycles. The Hall–Kier alpha value is -2.29. The average Bonchev–Trinajstić information content (AvgIpc) is 2.63. The van der Waals surface area contributed by atoms with Gasteiger partial charge in [-0.25, -0.2) is 0 Å². The number of carbonyl (C=O) groups is 1. The first-order valence-corrected chi connectivity index (χ1v) is 8.99. The molecule has 2 aromatic carbocycles. The van der Waals surface area contributed by atoms with Crippen molar-refractivity contribution in [2.24, 2.45) is 11.8 Å². The third kappa shape index (κ3) is 4.22. The van der Waals surface area contributed by atoms with E-state index in [2.05, 4.69) is 19.1 Å². The first kappa shape index (κ1) is 17.5. The lowest BCUT2D eigenvalue weighted by Crippen LogP contribution is -2.31. The summed E-state index contributed by atoms with van der Waals surface area (Å²) in [5.74, 6) is 2.23. The fourth-order valence-corrected chi connectivity index (χ4v) is 3.72. The van der Waals surface area contributed by atoms with Crippen LogP contribution >= 0.6 is 0 Å². The highest BCUT2D eigenvalue weighted by Gasteiger charge is 2.34. The molecule has 0 bridgehead atoms. The summed E-state index contributed by atoms with van der Waals surface area (Å²) < 4.78 is 10.8. The molecule has 3 unspecified atom stereocenters. The number of hydrogen-bond donors (Lipinski definition) is 0. The Bertz CT molecular complexity index is 703. The van der Waals surface area contributed by atoms with E-state index in [9.17, 15) is 4.79 Å². The van der Waals surface area contributed by atoms with Gasteiger partial charge in [-0.2, -0.15) is 0 Å². The van der Waals surface area contributed by atoms with Gasteiger partial charge in [0.25, 0.3) is 0 Å². The van der Waals surface area contributed by atoms with Crippen LogP contribution in [-0.2, 0) is 4.79 Å². The van der Waals surface area contributed by atoms with Crippen molar-refractivity contribution in [3.05, 3.63) is 59.7 Å². The van der Waals surface area contributed by atoms with Crippen molar-refractivity contribution in [1.29, 1.82) is 0 Å². The highest BCUT2D eigenvalue weighted by molar-refractivity contribution is 5.75. The van der Waals surface area contributed by atoms with Crippen molar-refractivity contribution in [1.82, 2.24) is 0 Å². The van der Waals surface area contributed by atoms with Gasteiger partial charge in [-0.05, 0) is 67.9 Å². The van der Waals surface area contributed by atoms with Gasteiger partial charge in [-0.1, -0.05) is 36.8 Å². The fourth-order valence-electron chi connectivity index (χ4n) is 3.72. The van der Waals surface area contributed by atoms with Gasteiger partial charge >= 0.3 is 5.97 Å². The number of rotatable bonds is 4. The molecule has 1 aliphatic rings. The van der Waals surface area contributed by atoms with Crippen molar-refractivity contribution in [3.63, 3.8) is 0 Å². The highest BCUT2D eigenvalue weighted by Crippen LogP contribution is 2.40. The average molecular weight is 338 g/mol. The summed E-state index contributed by atoms with van der Waals surface area (Å²) >= 11 is 0. The Morgan fingerprint density at radius 1 is 0.960 bits per heavy atom. The Labute approximate surface area is 150 Å². The van der Waals surface area contributed by atoms with Gasteiger partial charge in [0.15, 0.2) is 0 Å². The molecule has 1 fully saturated rings. The van der Waals surface area contributed by atoms with E-state index in [1.165, 1.54) is 5.56 Å². The minimum Gasteiger partial charge on any atom is -0.497 e. The van der Waals surface area contributed by atoms with E-state index in [0.717, 1.165) is 30.6 Å². The second-order valence-corrected chi connectivity index (χ2v) is 7.10. The summed E-state index contributed by atoms with van der Waals surface area (Å²) in [5.41, 5.74) is 2.49. The van der Waals surface area contributed by atoms with Crippen molar-refractivity contribution >= 4 is 5.97 Å². The van der Waals surface area contributed by atoms with E-state index < -0.39 is 0 Å². The summed E-state index contributed by atoms with van der Waals surface area (Å²) in [6, 6.07) is 16.0. The number of aryl methyl sites for hydroxylation is 1. The van der Waals surface area contributed by atoms with Gasteiger partial charge in [0.05, 0.1) is 13.0 Å². The zero-order valence-corrected chi connectivity index (χ0v) is 15.2. The summed E-state index contributed by atoms with van der Waals surface area (Å²) in [5, 5.41) is 0. The van der Waals surface area contributed by atoms with Crippen molar-refractivity contribution in [2.75, 3.05) is 7.11 Å². The zero-order valence-electron chi connectivity index (χ0n) is 15.2. The normalized spacial score (nSPS) is 23.1. The molecule has 0 saturated heterocycles. The smallest absolute Gasteiger partial charge is 0.314 e. The zero-order chi connectivity index (χ0) is 17.8. The molecule has 2 aromatic rings. The maximum absolute atomic E-state index is 12.6. The van der Waals surface area contributed by atoms with Crippen LogP contribution in [0.3, 0.4) is 0 Å². The molecule has 3 atom stereocenters. The van der Waals surface area contributed by atoms with Gasteiger partial charge in [-0.3, -0.25) is 4.79 Å². The number of methoxy groups -OCH3 is 1. The first-order valence-electron chi connectivity index (χ1n) is 8.99. The lowest BCUT2D eigenvalue weighted by molar-refractivity contribution is -0.141. The van der Waals surface area contributed by atoms with Crippen LogP contribution in [-0.4, -0.2) is 13.1 Å². The molecule has 0 aliphatic heterocycles. The molecule has 3 heteroatoms. The van der Waals surface area contributed by atoms with E-state index in [-0.39, 0.29) is 11.9 Å². The molecule has 0 amide bonds. The summed E-state index contributed by atoms with van der Waals surface area (Å²) in [6.45, 7) is 4.19. The Kier molecular flexibility index (Phi) is 5.42. The molecule has 0 radical (unpaired) electrons. The number of ether oxygens (including phenoxy) is 2. The molecule has 1 aliphatic carbocycles. The Balaban J connectivity index is 1.60. The number of esters is 1. The van der Waals surface area contributed by atoms with Crippen LogP contribution in [0.25, 0.3) is 0 Å². The van der Waals surface area contributed by atoms with E-state index in [4.69, 9.17) is 9.47 Å². The minimum absolute atomic E-state index is 0.0178. The molecule has 1 saturated carbocycles. The largest absolute Gasteiger partial charge is 0.497 e. The van der Waals surface area contributed by atoms with Crippen molar-refractivity contribution < 1.29 is 14.3 Å². The van der Waals surface area contributed by atoms with E-state index in [1.54, 1.807) is 7.11 Å². The number of hydrogen-bond acceptors (Lipinski definition) is 3. The Morgan fingerprint density at radius 2 is 1.60 bits per heavy atom. The number of benzene rings is 2. The summed E-state index contributed by atoms with van der Waals surface area (Å²) in [4.78, 5) is 12.6. The van der Waals surface area contributed by atoms with Crippen LogP contribution in [0, 0.1) is 18.8 Å². The van der Waals surface area contributed by atoms with E-state index in [1.807, 2.05) is 43.3 Å². The first-order chi connectivity index (χ1) is 12.1. The monoisotopic (exact) mass is 338 g/mol. The lowest BCUT2D eigenvalue weighted by atomic mass is 9.72. The highest BCUT2D eigenvalue weighted by atomic mass is 16.5. The maximum Gasteiger partial charge on any atom is 0.314 e. The molecular formula is C22H26O3. The van der Waals surface area contributed by atoms with Crippen molar-refractivity contribution in [2.45, 2.75) is 39.0 Å². The van der Waals surface area contributed by atoms with Gasteiger partial charge in [0.1, 0.15) is 11.5 Å². The molecule has 3 rings (SSSR count). The predicted molar refractivity (Wildman–Crippen MR) is 99.1 cm³/mol. The second kappa shape index (κ2) is 7.73. The van der Waals surface area contributed by atoms with Gasteiger partial charge in [-0.15, -0.1) is 0 Å². The molecule has 0 aromatic heterocycles. The van der Waals surface area contributed by atoms with Crippen molar-refractivity contribution in [3.8, 4) is 11.5 Å². The summed E-state index contributed by atoms with van der Waals surface area (Å²) in [7, 11) is 1.68. The SMILES string of the molecule is COc1ccc(C2CCC(C(=O)Oc3ccc(C)cc3)C(C)C2)cc1. The molecule has 132 valence electrons. The second-order valence-electron chi connectivity index (χ2n) is 7.10. The molecule has 3 nitrogen and oxygen atoms in total. The van der Waals surface area contributed by atoms with Gasteiger partial charge in [0.2, 0.25) is 0 Å². The third-order valence-corrected chi connectivity index (χ3v) is 5.30. The molecule has 25 heavy (non-hydrogen) atoms. The predicted octanol–water partition coefficient (Wildman–Crippen LogP) is 5.13. The van der Waals surface area contributed by atoms with E-state index >= 15 is 0 Å². The van der Waals surface area contributed by atoms with Crippen LogP contribution < -0.4 is 9.47 Å². The Morgan fingerprint density at radius 3 is 2.20 bits per heavy atom. The van der Waals surface area contributed by atoms with Crippen LogP contribution in [0.2, 0.25) is 0 Å². The van der Waals surface area contributed by atoms with Crippen LogP contribution in [0.5, 0.6) is 11.5 Å². The standard InChI is InChI=1S/C22H26O3/c1-15-4-9-20(10-5-15)25-22(23)21-13-8-18(14-16(21)2)17-6-11-19(24-3)12-7-17/h4-7,9-12,16,18,21H,8,13-14H2,1-3H3. The van der Waals surface area contributed by atoms with Crippen LogP contribution in [0.1, 0.15) is 43.2 Å². The molecular weight excluding hydrogens is 312 g/mol. The van der Waals surface area contributed by atoms with Gasteiger partial charge < -0.3 is 9.47 Å². The van der Waals surface area contributed by atoms with Crippen LogP contribution in [0.15, 0.2) is 48.5 Å². The minimum atomic E-state index is -0.0930. The molecule has 0 N–H and O–H groups in total. The maximum atomic E-state index is 12.6. The third-order valence-electron chi connectivity index (χ3n) is 5.30. The topological polar surface area (TPSA) is 35.5 Å². The van der Waals surface area contributed by atoms with Gasteiger partial charge in [0, 0.05) is 0 Å². The fraction of sp³-hybridized carbons (Fsp3) is 0.409.